The smallest absolute Gasteiger partial charge is 0.418 e. The van der Waals surface area contributed by atoms with Crippen LogP contribution in [-0.4, -0.2) is 34.0 Å². The molecular formula is C18H20F3N3O2S. The minimum Gasteiger partial charge on any atom is -0.492 e. The van der Waals surface area contributed by atoms with E-state index in [9.17, 15) is 23.1 Å². The summed E-state index contributed by atoms with van der Waals surface area (Å²) in [6.07, 6.45) is -0.801. The Morgan fingerprint density at radius 1 is 1.22 bits per heavy atom. The van der Waals surface area contributed by atoms with Gasteiger partial charge in [0.15, 0.2) is 5.13 Å². The second-order valence-corrected chi connectivity index (χ2v) is 7.46. The van der Waals surface area contributed by atoms with Gasteiger partial charge < -0.3 is 15.3 Å². The number of aromatic hydroxyl groups is 1. The van der Waals surface area contributed by atoms with Crippen molar-refractivity contribution in [2.24, 2.45) is 0 Å². The third-order valence-corrected chi connectivity index (χ3v) is 5.45. The Hall–Kier alpha value is -2.29. The van der Waals surface area contributed by atoms with Gasteiger partial charge in [0.05, 0.1) is 16.1 Å². The number of thiazole rings is 1. The normalized spacial score (nSPS) is 15.0. The predicted molar refractivity (Wildman–Crippen MR) is 97.3 cm³/mol. The Morgan fingerprint density at radius 3 is 2.63 bits per heavy atom. The zero-order chi connectivity index (χ0) is 19.4. The van der Waals surface area contributed by atoms with Crippen LogP contribution in [0.15, 0.2) is 24.3 Å². The molecule has 1 aliphatic rings. The number of likely N-dealkylation sites (tertiary alicyclic amines) is 1. The maximum absolute atomic E-state index is 13.1. The average molecular weight is 399 g/mol. The molecule has 0 bridgehead atoms. The summed E-state index contributed by atoms with van der Waals surface area (Å²) in [6, 6.07) is 5.09. The van der Waals surface area contributed by atoms with Crippen molar-refractivity contribution in [3.05, 3.63) is 34.7 Å². The zero-order valence-electron chi connectivity index (χ0n) is 14.6. The quantitative estimate of drug-likeness (QED) is 0.774. The van der Waals surface area contributed by atoms with Crippen molar-refractivity contribution in [1.82, 2.24) is 9.88 Å². The van der Waals surface area contributed by atoms with Gasteiger partial charge in [-0.3, -0.25) is 4.79 Å². The Morgan fingerprint density at radius 2 is 1.93 bits per heavy atom. The molecule has 0 unspecified atom stereocenters. The number of aromatic nitrogens is 1. The first-order valence-electron chi connectivity index (χ1n) is 8.74. The summed E-state index contributed by atoms with van der Waals surface area (Å²) in [6.45, 7) is 1.52. The van der Waals surface area contributed by atoms with Crippen LogP contribution >= 0.6 is 11.3 Å². The van der Waals surface area contributed by atoms with E-state index in [4.69, 9.17) is 0 Å². The highest BCUT2D eigenvalue weighted by Gasteiger charge is 2.33. The number of anilines is 2. The molecule has 5 nitrogen and oxygen atoms in total. The zero-order valence-corrected chi connectivity index (χ0v) is 15.4. The lowest BCUT2D eigenvalue weighted by atomic mass is 10.1. The average Bonchev–Trinajstić information content (AvgIpc) is 2.99. The number of carbonyl (C=O) groups excluding carboxylic acids is 1. The van der Waals surface area contributed by atoms with E-state index in [0.717, 1.165) is 49.8 Å². The number of nitrogens with one attached hydrogen (secondary N) is 1. The van der Waals surface area contributed by atoms with E-state index < -0.39 is 11.7 Å². The number of nitrogens with zero attached hydrogens (tertiary/aromatic N) is 2. The van der Waals surface area contributed by atoms with Crippen LogP contribution < -0.4 is 5.32 Å². The third kappa shape index (κ3) is 4.91. The summed E-state index contributed by atoms with van der Waals surface area (Å²) >= 11 is 1.05. The number of hydrogen-bond acceptors (Lipinski definition) is 5. The lowest BCUT2D eigenvalue weighted by Crippen LogP contribution is -2.35. The van der Waals surface area contributed by atoms with Crippen LogP contribution in [-0.2, 0) is 17.4 Å². The van der Waals surface area contributed by atoms with Crippen molar-refractivity contribution in [2.45, 2.75) is 38.3 Å². The summed E-state index contributed by atoms with van der Waals surface area (Å²) < 4.78 is 39.2. The second kappa shape index (κ2) is 8.16. The summed E-state index contributed by atoms with van der Waals surface area (Å²) in [5.74, 6) is -0.224. The van der Waals surface area contributed by atoms with Crippen molar-refractivity contribution in [2.75, 3.05) is 18.4 Å². The molecule has 1 aliphatic heterocycles. The summed E-state index contributed by atoms with van der Waals surface area (Å²) in [5.41, 5.74) is -0.934. The topological polar surface area (TPSA) is 65.5 Å². The van der Waals surface area contributed by atoms with E-state index in [2.05, 4.69) is 10.3 Å². The van der Waals surface area contributed by atoms with E-state index in [0.29, 0.717) is 11.3 Å². The second-order valence-electron chi connectivity index (χ2n) is 6.38. The molecule has 1 saturated heterocycles. The Labute approximate surface area is 158 Å². The molecule has 1 amide bonds. The van der Waals surface area contributed by atoms with E-state index in [1.165, 1.54) is 18.2 Å². The summed E-state index contributed by atoms with van der Waals surface area (Å²) in [7, 11) is 0. The standard InChI is InChI=1S/C18H20F3N3O2S/c19-18(20,21)12-6-2-3-7-13(12)22-17-23-16(26)14(27-17)8-9-15(25)24-10-4-1-5-11-24/h2-3,6-7,26H,1,4-5,8-11H2,(H,22,23). The molecule has 1 aromatic heterocycles. The Balaban J connectivity index is 1.66. The molecule has 0 atom stereocenters. The van der Waals surface area contributed by atoms with Crippen LogP contribution in [0.25, 0.3) is 0 Å². The molecule has 1 fully saturated rings. The van der Waals surface area contributed by atoms with Gasteiger partial charge in [-0.1, -0.05) is 23.5 Å². The molecule has 0 radical (unpaired) electrons. The van der Waals surface area contributed by atoms with Gasteiger partial charge in [0.25, 0.3) is 0 Å². The molecule has 1 aromatic carbocycles. The fourth-order valence-electron chi connectivity index (χ4n) is 3.04. The van der Waals surface area contributed by atoms with Crippen LogP contribution in [0.2, 0.25) is 0 Å². The molecule has 27 heavy (non-hydrogen) atoms. The monoisotopic (exact) mass is 399 g/mol. The number of benzene rings is 1. The largest absolute Gasteiger partial charge is 0.492 e. The summed E-state index contributed by atoms with van der Waals surface area (Å²) in [5, 5.41) is 12.8. The van der Waals surface area contributed by atoms with Gasteiger partial charge in [0, 0.05) is 19.5 Å². The SMILES string of the molecule is O=C(CCc1sc(Nc2ccccc2C(F)(F)F)nc1O)N1CCCCC1. The molecular weight excluding hydrogens is 379 g/mol. The first kappa shape index (κ1) is 19.5. The number of carbonyl (C=O) groups is 1. The highest BCUT2D eigenvalue weighted by Crippen LogP contribution is 2.38. The number of piperidine rings is 1. The molecule has 146 valence electrons. The van der Waals surface area contributed by atoms with Crippen LogP contribution in [0.4, 0.5) is 24.0 Å². The lowest BCUT2D eigenvalue weighted by Gasteiger charge is -2.26. The maximum atomic E-state index is 13.1. The summed E-state index contributed by atoms with van der Waals surface area (Å²) in [4.78, 5) is 18.4. The van der Waals surface area contributed by atoms with Crippen molar-refractivity contribution < 1.29 is 23.1 Å². The van der Waals surface area contributed by atoms with Crippen molar-refractivity contribution in [1.29, 1.82) is 0 Å². The molecule has 2 N–H and O–H groups in total. The van der Waals surface area contributed by atoms with Crippen LogP contribution in [0, 0.1) is 0 Å². The Bertz CT molecular complexity index is 801. The number of aryl methyl sites for hydroxylation is 1. The first-order chi connectivity index (χ1) is 12.8. The van der Waals surface area contributed by atoms with Crippen molar-refractivity contribution in [3.8, 4) is 5.88 Å². The van der Waals surface area contributed by atoms with Crippen LogP contribution in [0.1, 0.15) is 36.1 Å². The van der Waals surface area contributed by atoms with Crippen LogP contribution in [0.5, 0.6) is 5.88 Å². The van der Waals surface area contributed by atoms with Gasteiger partial charge >= 0.3 is 6.18 Å². The highest BCUT2D eigenvalue weighted by molar-refractivity contribution is 7.15. The number of para-hydroxylation sites is 1. The van der Waals surface area contributed by atoms with E-state index in [1.54, 1.807) is 0 Å². The first-order valence-corrected chi connectivity index (χ1v) is 9.56. The minimum atomic E-state index is -4.49. The van der Waals surface area contributed by atoms with Gasteiger partial charge in [0.1, 0.15) is 0 Å². The molecule has 0 saturated carbocycles. The maximum Gasteiger partial charge on any atom is 0.418 e. The highest BCUT2D eigenvalue weighted by atomic mass is 32.1. The lowest BCUT2D eigenvalue weighted by molar-refractivity contribution is -0.137. The van der Waals surface area contributed by atoms with E-state index in [-0.39, 0.29) is 29.0 Å². The van der Waals surface area contributed by atoms with Crippen molar-refractivity contribution >= 4 is 28.1 Å². The van der Waals surface area contributed by atoms with Gasteiger partial charge in [0.2, 0.25) is 11.8 Å². The molecule has 2 heterocycles. The molecule has 0 aliphatic carbocycles. The van der Waals surface area contributed by atoms with Gasteiger partial charge in [-0.05, 0) is 37.8 Å². The molecule has 3 rings (SSSR count). The van der Waals surface area contributed by atoms with Gasteiger partial charge in [-0.2, -0.15) is 18.2 Å². The van der Waals surface area contributed by atoms with E-state index in [1.807, 2.05) is 4.90 Å². The number of amides is 1. The van der Waals surface area contributed by atoms with E-state index >= 15 is 0 Å². The minimum absolute atomic E-state index is 0.0272. The number of hydrogen-bond donors (Lipinski definition) is 2. The number of rotatable bonds is 5. The molecule has 0 spiro atoms. The fourth-order valence-corrected chi connectivity index (χ4v) is 3.90. The number of alkyl halides is 3. The molecule has 9 heteroatoms. The predicted octanol–water partition coefficient (Wildman–Crippen LogP) is 4.56. The number of halogens is 3. The van der Waals surface area contributed by atoms with Gasteiger partial charge in [-0.15, -0.1) is 0 Å². The Kier molecular flexibility index (Phi) is 5.88. The molecule has 2 aromatic rings. The van der Waals surface area contributed by atoms with Crippen LogP contribution in [0.3, 0.4) is 0 Å². The fraction of sp³-hybridized carbons (Fsp3) is 0.444. The van der Waals surface area contributed by atoms with Gasteiger partial charge in [-0.25, -0.2) is 0 Å². The van der Waals surface area contributed by atoms with Crippen molar-refractivity contribution in [3.63, 3.8) is 0 Å². The third-order valence-electron chi connectivity index (χ3n) is 4.43.